The summed E-state index contributed by atoms with van der Waals surface area (Å²) in [6.07, 6.45) is 3.13. The number of carbonyl (C=O) groups is 1. The molecule has 2 heterocycles. The zero-order chi connectivity index (χ0) is 17.1. The van der Waals surface area contributed by atoms with Crippen molar-refractivity contribution < 1.29 is 9.18 Å². The van der Waals surface area contributed by atoms with Crippen molar-refractivity contribution in [3.05, 3.63) is 52.0 Å². The summed E-state index contributed by atoms with van der Waals surface area (Å²) < 4.78 is 15.1. The summed E-state index contributed by atoms with van der Waals surface area (Å²) in [5.74, 6) is -0.655. The Morgan fingerprint density at radius 1 is 1.38 bits per heavy atom. The van der Waals surface area contributed by atoms with Gasteiger partial charge in [-0.3, -0.25) is 4.79 Å². The van der Waals surface area contributed by atoms with Crippen LogP contribution < -0.4 is 5.32 Å². The molecule has 3 rings (SSSR count). The molecule has 0 saturated heterocycles. The number of hydrogen-bond acceptors (Lipinski definition) is 5. The van der Waals surface area contributed by atoms with Crippen LogP contribution in [0.25, 0.3) is 5.69 Å². The number of anilines is 1. The van der Waals surface area contributed by atoms with Gasteiger partial charge in [-0.2, -0.15) is 5.10 Å². The minimum atomic E-state index is -0.333. The number of carbonyl (C=O) groups excluding carboxylic acids is 1. The maximum absolute atomic E-state index is 13.5. The van der Waals surface area contributed by atoms with Crippen LogP contribution in [-0.2, 0) is 6.42 Å². The maximum atomic E-state index is 13.5. The van der Waals surface area contributed by atoms with Gasteiger partial charge >= 0.3 is 0 Å². The minimum Gasteiger partial charge on any atom is -0.317 e. The van der Waals surface area contributed by atoms with Crippen molar-refractivity contribution >= 4 is 22.9 Å². The van der Waals surface area contributed by atoms with Gasteiger partial charge in [0.25, 0.3) is 5.91 Å². The summed E-state index contributed by atoms with van der Waals surface area (Å²) in [7, 11) is 0. The fraction of sp³-hybridized carbons (Fsp3) is 0.250. The van der Waals surface area contributed by atoms with E-state index in [1.54, 1.807) is 29.9 Å². The summed E-state index contributed by atoms with van der Waals surface area (Å²) >= 11 is 1.23. The fourth-order valence-corrected chi connectivity index (χ4v) is 2.94. The molecule has 124 valence electrons. The molecule has 0 radical (unpaired) electrons. The topological polar surface area (TPSA) is 72.7 Å². The SMILES string of the molecule is CCCc1c(NC(=O)c2nnc(C)s2)cnn1-c1cccc(F)c1. The predicted molar refractivity (Wildman–Crippen MR) is 90.1 cm³/mol. The van der Waals surface area contributed by atoms with Gasteiger partial charge in [0.1, 0.15) is 10.8 Å². The molecule has 0 atom stereocenters. The first-order valence-corrected chi connectivity index (χ1v) is 8.34. The summed E-state index contributed by atoms with van der Waals surface area (Å²) in [6.45, 7) is 3.82. The Morgan fingerprint density at radius 2 is 2.21 bits per heavy atom. The molecular weight excluding hydrogens is 329 g/mol. The number of aromatic nitrogens is 4. The molecule has 6 nitrogen and oxygen atoms in total. The molecule has 0 aliphatic carbocycles. The van der Waals surface area contributed by atoms with Crippen LogP contribution in [0.3, 0.4) is 0 Å². The van der Waals surface area contributed by atoms with Crippen molar-refractivity contribution in [2.75, 3.05) is 5.32 Å². The van der Waals surface area contributed by atoms with E-state index in [0.717, 1.165) is 17.1 Å². The van der Waals surface area contributed by atoms with Gasteiger partial charge in [-0.1, -0.05) is 30.7 Å². The van der Waals surface area contributed by atoms with Crippen LogP contribution in [-0.4, -0.2) is 25.9 Å². The number of amides is 1. The molecule has 1 aromatic carbocycles. The molecule has 3 aromatic rings. The lowest BCUT2D eigenvalue weighted by atomic mass is 10.2. The number of rotatable bonds is 5. The van der Waals surface area contributed by atoms with E-state index in [0.29, 0.717) is 22.8 Å². The smallest absolute Gasteiger partial charge is 0.286 e. The van der Waals surface area contributed by atoms with E-state index in [1.165, 1.54) is 23.5 Å². The van der Waals surface area contributed by atoms with E-state index >= 15 is 0 Å². The molecule has 8 heteroatoms. The Kier molecular flexibility index (Phi) is 4.66. The Bertz CT molecular complexity index is 873. The molecule has 0 spiro atoms. The molecule has 24 heavy (non-hydrogen) atoms. The van der Waals surface area contributed by atoms with Gasteiger partial charge in [0.2, 0.25) is 5.01 Å². The third kappa shape index (κ3) is 3.33. The van der Waals surface area contributed by atoms with Crippen molar-refractivity contribution in [2.24, 2.45) is 0 Å². The average Bonchev–Trinajstić information content (AvgIpc) is 3.15. The maximum Gasteiger partial charge on any atom is 0.286 e. The lowest BCUT2D eigenvalue weighted by Crippen LogP contribution is -2.13. The number of aryl methyl sites for hydroxylation is 1. The van der Waals surface area contributed by atoms with Crippen LogP contribution in [0.5, 0.6) is 0 Å². The first-order chi connectivity index (χ1) is 11.6. The molecule has 0 bridgehead atoms. The third-order valence-corrected chi connectivity index (χ3v) is 4.21. The van der Waals surface area contributed by atoms with Crippen molar-refractivity contribution in [3.63, 3.8) is 0 Å². The van der Waals surface area contributed by atoms with Crippen molar-refractivity contribution in [1.29, 1.82) is 0 Å². The first kappa shape index (κ1) is 16.3. The molecule has 2 aromatic heterocycles. The molecule has 0 fully saturated rings. The van der Waals surface area contributed by atoms with Crippen LogP contribution in [0.1, 0.15) is 33.8 Å². The first-order valence-electron chi connectivity index (χ1n) is 7.52. The van der Waals surface area contributed by atoms with Gasteiger partial charge in [0.15, 0.2) is 0 Å². The largest absolute Gasteiger partial charge is 0.317 e. The van der Waals surface area contributed by atoms with Crippen molar-refractivity contribution in [3.8, 4) is 5.69 Å². The van der Waals surface area contributed by atoms with E-state index < -0.39 is 0 Å². The van der Waals surface area contributed by atoms with Crippen LogP contribution in [0.2, 0.25) is 0 Å². The number of nitrogens with one attached hydrogen (secondary N) is 1. The molecule has 1 N–H and O–H groups in total. The van der Waals surface area contributed by atoms with E-state index in [1.807, 2.05) is 6.92 Å². The molecule has 0 aliphatic heterocycles. The van der Waals surface area contributed by atoms with Crippen LogP contribution >= 0.6 is 11.3 Å². The number of halogens is 1. The Labute approximate surface area is 142 Å². The van der Waals surface area contributed by atoms with Gasteiger partial charge in [-0.15, -0.1) is 10.2 Å². The molecule has 1 amide bonds. The highest BCUT2D eigenvalue weighted by molar-refractivity contribution is 7.13. The molecule has 0 unspecified atom stereocenters. The van der Waals surface area contributed by atoms with E-state index in [9.17, 15) is 9.18 Å². The normalized spacial score (nSPS) is 10.8. The zero-order valence-electron chi connectivity index (χ0n) is 13.3. The quantitative estimate of drug-likeness (QED) is 0.769. The minimum absolute atomic E-state index is 0.299. The standard InChI is InChI=1S/C16H16FN5OS/c1-3-5-14-13(19-15(23)16-21-20-10(2)24-16)9-18-22(14)12-7-4-6-11(17)8-12/h4,6-9H,3,5H2,1-2H3,(H,19,23). The van der Waals surface area contributed by atoms with E-state index in [-0.39, 0.29) is 11.7 Å². The highest BCUT2D eigenvalue weighted by Crippen LogP contribution is 2.22. The fourth-order valence-electron chi connectivity index (χ4n) is 2.35. The highest BCUT2D eigenvalue weighted by atomic mass is 32.1. The lowest BCUT2D eigenvalue weighted by molar-refractivity contribution is 0.102. The van der Waals surface area contributed by atoms with Gasteiger partial charge in [0, 0.05) is 0 Å². The van der Waals surface area contributed by atoms with Gasteiger partial charge in [0.05, 0.1) is 23.3 Å². The van der Waals surface area contributed by atoms with E-state index in [4.69, 9.17) is 0 Å². The second-order valence-corrected chi connectivity index (χ2v) is 6.41. The highest BCUT2D eigenvalue weighted by Gasteiger charge is 2.17. The van der Waals surface area contributed by atoms with Gasteiger partial charge in [-0.25, -0.2) is 9.07 Å². The third-order valence-electron chi connectivity index (χ3n) is 3.38. The second kappa shape index (κ2) is 6.88. The molecular formula is C16H16FN5OS. The average molecular weight is 345 g/mol. The number of benzene rings is 1. The van der Waals surface area contributed by atoms with Crippen molar-refractivity contribution in [1.82, 2.24) is 20.0 Å². The predicted octanol–water partition coefficient (Wildman–Crippen LogP) is 3.38. The summed E-state index contributed by atoms with van der Waals surface area (Å²) in [5, 5.41) is 15.8. The van der Waals surface area contributed by atoms with Gasteiger partial charge in [-0.05, 0) is 31.5 Å². The second-order valence-electron chi connectivity index (χ2n) is 5.23. The molecule has 0 saturated carbocycles. The lowest BCUT2D eigenvalue weighted by Gasteiger charge is -2.09. The Morgan fingerprint density at radius 3 is 2.88 bits per heavy atom. The van der Waals surface area contributed by atoms with Gasteiger partial charge < -0.3 is 5.32 Å². The molecule has 0 aliphatic rings. The van der Waals surface area contributed by atoms with E-state index in [2.05, 4.69) is 20.6 Å². The summed E-state index contributed by atoms with van der Waals surface area (Å²) in [4.78, 5) is 12.3. The number of nitrogens with zero attached hydrogens (tertiary/aromatic N) is 4. The van der Waals surface area contributed by atoms with Crippen LogP contribution in [0.4, 0.5) is 10.1 Å². The van der Waals surface area contributed by atoms with Crippen molar-refractivity contribution in [2.45, 2.75) is 26.7 Å². The Hall–Kier alpha value is -2.61. The summed E-state index contributed by atoms with van der Waals surface area (Å²) in [5.41, 5.74) is 2.03. The van der Waals surface area contributed by atoms with Crippen LogP contribution in [0.15, 0.2) is 30.5 Å². The van der Waals surface area contributed by atoms with Crippen LogP contribution in [0, 0.1) is 12.7 Å². The summed E-state index contributed by atoms with van der Waals surface area (Å²) in [6, 6.07) is 6.19. The number of hydrogen-bond donors (Lipinski definition) is 1. The Balaban J connectivity index is 1.92. The zero-order valence-corrected chi connectivity index (χ0v) is 14.1. The monoisotopic (exact) mass is 345 g/mol.